The van der Waals surface area contributed by atoms with E-state index in [1.807, 2.05) is 13.8 Å². The fraction of sp³-hybridized carbons (Fsp3) is 0.308. The van der Waals surface area contributed by atoms with E-state index in [4.69, 9.17) is 11.6 Å². The van der Waals surface area contributed by atoms with Gasteiger partial charge in [-0.2, -0.15) is 0 Å². The lowest BCUT2D eigenvalue weighted by Gasteiger charge is -2.12. The van der Waals surface area contributed by atoms with Crippen molar-refractivity contribution in [1.29, 1.82) is 0 Å². The normalized spacial score (nSPS) is 13.4. The molecule has 0 atom stereocenters. The van der Waals surface area contributed by atoms with Gasteiger partial charge in [0.25, 0.3) is 5.56 Å². The first-order valence-electron chi connectivity index (χ1n) is 6.41. The molecule has 7 nitrogen and oxygen atoms in total. The van der Waals surface area contributed by atoms with Gasteiger partial charge in [-0.25, -0.2) is 14.8 Å². The highest BCUT2D eigenvalue weighted by molar-refractivity contribution is 6.33. The number of H-pyrrole nitrogens is 1. The Morgan fingerprint density at radius 2 is 2.00 bits per heavy atom. The van der Waals surface area contributed by atoms with Gasteiger partial charge in [0.1, 0.15) is 11.5 Å². The van der Waals surface area contributed by atoms with E-state index < -0.39 is 11.2 Å². The minimum Gasteiger partial charge on any atom is -0.275 e. The Bertz CT molecular complexity index is 866. The molecular weight excluding hydrogens is 294 g/mol. The highest BCUT2D eigenvalue weighted by atomic mass is 35.5. The van der Waals surface area contributed by atoms with Crippen LogP contribution in [0.4, 0.5) is 5.82 Å². The fourth-order valence-electron chi connectivity index (χ4n) is 2.32. The number of aromatic nitrogens is 4. The lowest BCUT2D eigenvalue weighted by molar-refractivity contribution is 0.565. The zero-order valence-electron chi connectivity index (χ0n) is 11.4. The topological polar surface area (TPSA) is 93.0 Å². The van der Waals surface area contributed by atoms with E-state index in [0.717, 1.165) is 0 Å². The van der Waals surface area contributed by atoms with Gasteiger partial charge >= 0.3 is 5.69 Å². The number of fused-ring (bicyclic) bond motifs is 1. The van der Waals surface area contributed by atoms with Crippen molar-refractivity contribution in [3.8, 4) is 0 Å². The van der Waals surface area contributed by atoms with Crippen LogP contribution in [-0.4, -0.2) is 25.2 Å². The van der Waals surface area contributed by atoms with E-state index in [1.54, 1.807) is 0 Å². The molecule has 0 saturated heterocycles. The molecule has 3 heterocycles. The lowest BCUT2D eigenvalue weighted by atomic mass is 10.1. The number of hydrogen-bond donors (Lipinski definition) is 1. The highest BCUT2D eigenvalue weighted by Crippen LogP contribution is 2.27. The molecule has 0 saturated carbocycles. The number of hydrogen-bond acceptors (Lipinski definition) is 5. The third kappa shape index (κ3) is 2.19. The number of halogens is 1. The van der Waals surface area contributed by atoms with Gasteiger partial charge in [0, 0.05) is 24.9 Å². The van der Waals surface area contributed by atoms with Crippen molar-refractivity contribution in [2.24, 2.45) is 4.99 Å². The summed E-state index contributed by atoms with van der Waals surface area (Å²) in [6.07, 6.45) is 3.26. The predicted molar refractivity (Wildman–Crippen MR) is 78.7 cm³/mol. The van der Waals surface area contributed by atoms with Crippen LogP contribution in [-0.2, 0) is 6.42 Å². The molecule has 2 aromatic heterocycles. The van der Waals surface area contributed by atoms with Crippen molar-refractivity contribution < 1.29 is 0 Å². The second-order valence-electron chi connectivity index (χ2n) is 4.96. The van der Waals surface area contributed by atoms with Crippen LogP contribution in [0.5, 0.6) is 0 Å². The first kappa shape index (κ1) is 13.7. The minimum absolute atomic E-state index is 0.122. The van der Waals surface area contributed by atoms with Crippen molar-refractivity contribution in [3.63, 3.8) is 0 Å². The predicted octanol–water partition coefficient (Wildman–Crippen LogP) is 1.24. The Morgan fingerprint density at radius 1 is 1.29 bits per heavy atom. The monoisotopic (exact) mass is 305 g/mol. The van der Waals surface area contributed by atoms with Crippen LogP contribution in [0, 0.1) is 0 Å². The molecule has 0 radical (unpaired) electrons. The third-order valence-corrected chi connectivity index (χ3v) is 3.52. The number of aromatic amines is 1. The molecule has 0 aliphatic carbocycles. The second-order valence-corrected chi connectivity index (χ2v) is 5.31. The number of nitrogens with zero attached hydrogens (tertiary/aromatic N) is 4. The summed E-state index contributed by atoms with van der Waals surface area (Å²) in [5, 5.41) is 0.221. The largest absolute Gasteiger partial charge is 0.330 e. The zero-order valence-corrected chi connectivity index (χ0v) is 12.2. The van der Waals surface area contributed by atoms with Gasteiger partial charge in [-0.15, -0.1) is 0 Å². The molecule has 0 spiro atoms. The van der Waals surface area contributed by atoms with Crippen molar-refractivity contribution in [2.75, 3.05) is 0 Å². The molecule has 2 aromatic rings. The van der Waals surface area contributed by atoms with Crippen LogP contribution < -0.4 is 11.2 Å². The van der Waals surface area contributed by atoms with Crippen LogP contribution in [0.2, 0.25) is 5.15 Å². The minimum atomic E-state index is -0.469. The maximum absolute atomic E-state index is 12.0. The molecule has 0 aromatic carbocycles. The lowest BCUT2D eigenvalue weighted by Crippen LogP contribution is -2.32. The molecule has 1 aliphatic rings. The highest BCUT2D eigenvalue weighted by Gasteiger charge is 2.26. The van der Waals surface area contributed by atoms with Crippen molar-refractivity contribution >= 4 is 23.1 Å². The van der Waals surface area contributed by atoms with Gasteiger partial charge in [-0.3, -0.25) is 19.3 Å². The SMILES string of the molecule is CC(C)n1c2c(c(=O)[nH]c1=O)CC(c1nccnc1Cl)=N2. The Morgan fingerprint density at radius 3 is 2.67 bits per heavy atom. The molecule has 1 aliphatic heterocycles. The molecule has 21 heavy (non-hydrogen) atoms. The Hall–Kier alpha value is -2.28. The summed E-state index contributed by atoms with van der Waals surface area (Å²) >= 11 is 6.01. The number of aliphatic imine (C=N–C) groups is 1. The van der Waals surface area contributed by atoms with E-state index in [0.29, 0.717) is 22.8 Å². The van der Waals surface area contributed by atoms with Gasteiger partial charge in [0.05, 0.1) is 11.3 Å². The van der Waals surface area contributed by atoms with Gasteiger partial charge < -0.3 is 0 Å². The maximum atomic E-state index is 12.0. The average Bonchev–Trinajstić information content (AvgIpc) is 2.83. The van der Waals surface area contributed by atoms with Gasteiger partial charge in [0.15, 0.2) is 5.15 Å². The molecule has 1 N–H and O–H groups in total. The summed E-state index contributed by atoms with van der Waals surface area (Å²) < 4.78 is 1.45. The van der Waals surface area contributed by atoms with Gasteiger partial charge in [-0.1, -0.05) is 11.6 Å². The quantitative estimate of drug-likeness (QED) is 0.903. The molecule has 0 unspecified atom stereocenters. The average molecular weight is 306 g/mol. The Kier molecular flexibility index (Phi) is 3.21. The van der Waals surface area contributed by atoms with Crippen LogP contribution in [0.1, 0.15) is 31.1 Å². The number of rotatable bonds is 2. The molecule has 8 heteroatoms. The van der Waals surface area contributed by atoms with Crippen LogP contribution in [0.3, 0.4) is 0 Å². The summed E-state index contributed by atoms with van der Waals surface area (Å²) in [5.74, 6) is 0.371. The Balaban J connectivity index is 2.22. The van der Waals surface area contributed by atoms with Crippen molar-refractivity contribution in [1.82, 2.24) is 19.5 Å². The van der Waals surface area contributed by atoms with Crippen LogP contribution >= 0.6 is 11.6 Å². The standard InChI is InChI=1S/C13H12ClN5O2/c1-6(2)19-11-7(12(20)18-13(19)21)5-8(17-11)9-10(14)16-4-3-15-9/h3-4,6H,5H2,1-2H3,(H,18,20,21). The summed E-state index contributed by atoms with van der Waals surface area (Å²) in [5.41, 5.74) is 0.515. The summed E-state index contributed by atoms with van der Waals surface area (Å²) in [4.78, 5) is 38.7. The van der Waals surface area contributed by atoms with E-state index in [-0.39, 0.29) is 17.6 Å². The fourth-order valence-corrected chi connectivity index (χ4v) is 2.54. The van der Waals surface area contributed by atoms with Crippen LogP contribution in [0.15, 0.2) is 27.0 Å². The zero-order chi connectivity index (χ0) is 15.1. The van der Waals surface area contributed by atoms with E-state index >= 15 is 0 Å². The number of nitrogens with one attached hydrogen (secondary N) is 1. The van der Waals surface area contributed by atoms with Crippen molar-refractivity contribution in [3.05, 3.63) is 49.6 Å². The first-order chi connectivity index (χ1) is 9.99. The van der Waals surface area contributed by atoms with Crippen LogP contribution in [0.25, 0.3) is 0 Å². The van der Waals surface area contributed by atoms with E-state index in [1.165, 1.54) is 17.0 Å². The molecule has 108 valence electrons. The maximum Gasteiger partial charge on any atom is 0.330 e. The molecule has 0 amide bonds. The molecular formula is C13H12ClN5O2. The third-order valence-electron chi connectivity index (χ3n) is 3.24. The molecule has 3 rings (SSSR count). The molecule has 0 fully saturated rings. The summed E-state index contributed by atoms with van der Waals surface area (Å²) in [7, 11) is 0. The van der Waals surface area contributed by atoms with E-state index in [9.17, 15) is 9.59 Å². The molecule has 0 bridgehead atoms. The Labute approximate surface area is 124 Å². The summed E-state index contributed by atoms with van der Waals surface area (Å²) in [6.45, 7) is 3.70. The van der Waals surface area contributed by atoms with Gasteiger partial charge in [-0.05, 0) is 13.8 Å². The second kappa shape index (κ2) is 4.92. The smallest absolute Gasteiger partial charge is 0.275 e. The van der Waals surface area contributed by atoms with E-state index in [2.05, 4.69) is 19.9 Å². The van der Waals surface area contributed by atoms with Gasteiger partial charge in [0.2, 0.25) is 0 Å². The van der Waals surface area contributed by atoms with Crippen molar-refractivity contribution in [2.45, 2.75) is 26.3 Å². The first-order valence-corrected chi connectivity index (χ1v) is 6.79. The summed E-state index contributed by atoms with van der Waals surface area (Å²) in [6, 6.07) is -0.122.